The topological polar surface area (TPSA) is 95.9 Å². The summed E-state index contributed by atoms with van der Waals surface area (Å²) in [7, 11) is -1.36. The van der Waals surface area contributed by atoms with Crippen molar-refractivity contribution in [2.45, 2.75) is 45.7 Å². The van der Waals surface area contributed by atoms with Crippen molar-refractivity contribution in [3.8, 4) is 5.88 Å². The minimum atomic E-state index is -3.09. The standard InChI is InChI=1S/C18H31N5O3S/c1-4-12-26-17-7-6-15(13-20-17)14-21-18(19-3)22-16-8-10-23(11-9-16)27(24,25)5-2/h6-7,13,16H,4-5,8-12,14H2,1-3H3,(H2,19,21,22). The average molecular weight is 398 g/mol. The number of nitrogens with one attached hydrogen (secondary N) is 2. The zero-order chi connectivity index (χ0) is 19.7. The number of pyridine rings is 1. The molecular weight excluding hydrogens is 366 g/mol. The first-order chi connectivity index (χ1) is 13.0. The molecule has 152 valence electrons. The molecule has 0 aliphatic carbocycles. The Bertz CT molecular complexity index is 698. The van der Waals surface area contributed by atoms with Crippen molar-refractivity contribution < 1.29 is 13.2 Å². The zero-order valence-electron chi connectivity index (χ0n) is 16.4. The monoisotopic (exact) mass is 397 g/mol. The zero-order valence-corrected chi connectivity index (χ0v) is 17.3. The lowest BCUT2D eigenvalue weighted by Gasteiger charge is -2.32. The Morgan fingerprint density at radius 1 is 1.33 bits per heavy atom. The summed E-state index contributed by atoms with van der Waals surface area (Å²) >= 11 is 0. The fraction of sp³-hybridized carbons (Fsp3) is 0.667. The van der Waals surface area contributed by atoms with Crippen LogP contribution in [-0.2, 0) is 16.6 Å². The quantitative estimate of drug-likeness (QED) is 0.508. The number of rotatable bonds is 8. The maximum Gasteiger partial charge on any atom is 0.213 e. The first kappa shape index (κ1) is 21.4. The van der Waals surface area contributed by atoms with Crippen LogP contribution in [0, 0.1) is 0 Å². The van der Waals surface area contributed by atoms with Crippen molar-refractivity contribution >= 4 is 16.0 Å². The third kappa shape index (κ3) is 6.66. The number of sulfonamides is 1. The summed E-state index contributed by atoms with van der Waals surface area (Å²) in [5.41, 5.74) is 1.03. The fourth-order valence-corrected chi connectivity index (χ4v) is 3.97. The molecule has 0 aromatic carbocycles. The van der Waals surface area contributed by atoms with Crippen LogP contribution < -0.4 is 15.4 Å². The van der Waals surface area contributed by atoms with E-state index in [1.165, 1.54) is 0 Å². The molecule has 27 heavy (non-hydrogen) atoms. The van der Waals surface area contributed by atoms with Gasteiger partial charge in [-0.05, 0) is 31.7 Å². The molecule has 0 bridgehead atoms. The number of aliphatic imine (C=N–C) groups is 1. The lowest BCUT2D eigenvalue weighted by atomic mass is 10.1. The van der Waals surface area contributed by atoms with Crippen LogP contribution in [0.15, 0.2) is 23.3 Å². The largest absolute Gasteiger partial charge is 0.478 e. The summed E-state index contributed by atoms with van der Waals surface area (Å²) < 4.78 is 30.9. The predicted octanol–water partition coefficient (Wildman–Crippen LogP) is 1.35. The van der Waals surface area contributed by atoms with Crippen molar-refractivity contribution in [3.05, 3.63) is 23.9 Å². The van der Waals surface area contributed by atoms with Gasteiger partial charge in [-0.2, -0.15) is 0 Å². The number of hydrogen-bond acceptors (Lipinski definition) is 5. The molecule has 9 heteroatoms. The van der Waals surface area contributed by atoms with Crippen molar-refractivity contribution in [1.82, 2.24) is 19.9 Å². The maximum atomic E-state index is 11.9. The summed E-state index contributed by atoms with van der Waals surface area (Å²) in [6.07, 6.45) is 4.28. The van der Waals surface area contributed by atoms with E-state index in [0.717, 1.165) is 24.8 Å². The molecule has 0 amide bonds. The number of hydrogen-bond donors (Lipinski definition) is 2. The van der Waals surface area contributed by atoms with Gasteiger partial charge in [0.25, 0.3) is 0 Å². The summed E-state index contributed by atoms with van der Waals surface area (Å²) in [5, 5.41) is 6.65. The van der Waals surface area contributed by atoms with Gasteiger partial charge in [0.05, 0.1) is 12.4 Å². The molecule has 2 heterocycles. The molecule has 1 saturated heterocycles. The van der Waals surface area contributed by atoms with Crippen LogP contribution in [0.25, 0.3) is 0 Å². The summed E-state index contributed by atoms with van der Waals surface area (Å²) in [6, 6.07) is 4.06. The molecule has 2 rings (SSSR count). The van der Waals surface area contributed by atoms with Crippen LogP contribution in [0.2, 0.25) is 0 Å². The van der Waals surface area contributed by atoms with E-state index in [4.69, 9.17) is 4.74 Å². The molecule has 1 aliphatic rings. The SMILES string of the molecule is CCCOc1ccc(CNC(=NC)NC2CCN(S(=O)(=O)CC)CC2)cn1. The minimum Gasteiger partial charge on any atom is -0.478 e. The van der Waals surface area contributed by atoms with Crippen LogP contribution >= 0.6 is 0 Å². The van der Waals surface area contributed by atoms with Crippen molar-refractivity contribution in [3.63, 3.8) is 0 Å². The molecule has 1 aromatic heterocycles. The molecule has 8 nitrogen and oxygen atoms in total. The van der Waals surface area contributed by atoms with Gasteiger partial charge >= 0.3 is 0 Å². The van der Waals surface area contributed by atoms with Crippen LogP contribution in [0.4, 0.5) is 0 Å². The van der Waals surface area contributed by atoms with Crippen LogP contribution in [0.5, 0.6) is 5.88 Å². The van der Waals surface area contributed by atoms with Gasteiger partial charge in [-0.3, -0.25) is 4.99 Å². The molecule has 0 saturated carbocycles. The first-order valence-corrected chi connectivity index (χ1v) is 11.1. The molecule has 0 atom stereocenters. The second-order valence-electron chi connectivity index (χ2n) is 6.50. The van der Waals surface area contributed by atoms with Crippen molar-refractivity contribution in [2.75, 3.05) is 32.5 Å². The summed E-state index contributed by atoms with van der Waals surface area (Å²) in [4.78, 5) is 8.55. The molecule has 1 fully saturated rings. The minimum absolute atomic E-state index is 0.157. The Hall–Kier alpha value is -1.87. The molecular formula is C18H31N5O3S. The molecule has 1 aromatic rings. The molecule has 0 unspecified atom stereocenters. The second kappa shape index (κ2) is 10.5. The summed E-state index contributed by atoms with van der Waals surface area (Å²) in [6.45, 7) is 6.11. The Balaban J connectivity index is 1.78. The van der Waals surface area contributed by atoms with Crippen LogP contribution in [-0.4, -0.2) is 62.2 Å². The highest BCUT2D eigenvalue weighted by Gasteiger charge is 2.26. The number of piperidine rings is 1. The van der Waals surface area contributed by atoms with E-state index in [1.54, 1.807) is 24.5 Å². The maximum absolute atomic E-state index is 11.9. The average Bonchev–Trinajstić information content (AvgIpc) is 2.70. The van der Waals surface area contributed by atoms with E-state index >= 15 is 0 Å². The number of nitrogens with zero attached hydrogens (tertiary/aromatic N) is 3. The molecule has 1 aliphatic heterocycles. The molecule has 2 N–H and O–H groups in total. The van der Waals surface area contributed by atoms with Gasteiger partial charge in [-0.1, -0.05) is 13.0 Å². The number of guanidine groups is 1. The van der Waals surface area contributed by atoms with Crippen molar-refractivity contribution in [1.29, 1.82) is 0 Å². The summed E-state index contributed by atoms with van der Waals surface area (Å²) in [5.74, 6) is 1.50. The van der Waals surface area contributed by atoms with E-state index < -0.39 is 10.0 Å². The Morgan fingerprint density at radius 3 is 2.63 bits per heavy atom. The highest BCUT2D eigenvalue weighted by molar-refractivity contribution is 7.89. The highest BCUT2D eigenvalue weighted by atomic mass is 32.2. The Labute approximate surface area is 162 Å². The Kier molecular flexibility index (Phi) is 8.30. The van der Waals surface area contributed by atoms with E-state index in [-0.39, 0.29) is 11.8 Å². The van der Waals surface area contributed by atoms with Gasteiger partial charge in [-0.15, -0.1) is 0 Å². The van der Waals surface area contributed by atoms with E-state index in [0.29, 0.717) is 38.1 Å². The van der Waals surface area contributed by atoms with Crippen LogP contribution in [0.1, 0.15) is 38.7 Å². The van der Waals surface area contributed by atoms with E-state index in [2.05, 4.69) is 27.5 Å². The van der Waals surface area contributed by atoms with Gasteiger partial charge in [-0.25, -0.2) is 17.7 Å². The van der Waals surface area contributed by atoms with E-state index in [9.17, 15) is 8.42 Å². The highest BCUT2D eigenvalue weighted by Crippen LogP contribution is 2.14. The molecule has 0 radical (unpaired) electrons. The number of aromatic nitrogens is 1. The predicted molar refractivity (Wildman–Crippen MR) is 107 cm³/mol. The second-order valence-corrected chi connectivity index (χ2v) is 8.75. The third-order valence-electron chi connectivity index (χ3n) is 4.49. The van der Waals surface area contributed by atoms with E-state index in [1.807, 2.05) is 12.1 Å². The van der Waals surface area contributed by atoms with Gasteiger partial charge in [0.2, 0.25) is 15.9 Å². The smallest absolute Gasteiger partial charge is 0.213 e. The lowest BCUT2D eigenvalue weighted by Crippen LogP contribution is -2.49. The number of ether oxygens (including phenoxy) is 1. The van der Waals surface area contributed by atoms with Gasteiger partial charge in [0.1, 0.15) is 0 Å². The fourth-order valence-electron chi connectivity index (χ4n) is 2.84. The normalized spacial score (nSPS) is 16.9. The Morgan fingerprint density at radius 2 is 2.07 bits per heavy atom. The first-order valence-electron chi connectivity index (χ1n) is 9.51. The van der Waals surface area contributed by atoms with Gasteiger partial charge < -0.3 is 15.4 Å². The third-order valence-corrected chi connectivity index (χ3v) is 6.37. The van der Waals surface area contributed by atoms with Gasteiger partial charge in [0, 0.05) is 45.0 Å². The van der Waals surface area contributed by atoms with Crippen molar-refractivity contribution in [2.24, 2.45) is 4.99 Å². The van der Waals surface area contributed by atoms with Crippen LogP contribution in [0.3, 0.4) is 0 Å². The lowest BCUT2D eigenvalue weighted by molar-refractivity contribution is 0.305. The van der Waals surface area contributed by atoms with Gasteiger partial charge in [0.15, 0.2) is 5.96 Å². The molecule has 0 spiro atoms.